The van der Waals surface area contributed by atoms with Gasteiger partial charge in [-0.1, -0.05) is 80.6 Å². The molecule has 1 atom stereocenters. The third-order valence-electron chi connectivity index (χ3n) is 7.30. The number of benzene rings is 4. The Balaban J connectivity index is 1.78. The van der Waals surface area contributed by atoms with Crippen molar-refractivity contribution in [2.45, 2.75) is 44.7 Å². The molecule has 0 heterocycles. The number of nitrogens with zero attached hydrogens (tertiary/aromatic N) is 2. The van der Waals surface area contributed by atoms with Crippen LogP contribution in [0, 0.1) is 11.7 Å². The summed E-state index contributed by atoms with van der Waals surface area (Å²) >= 11 is 0. The van der Waals surface area contributed by atoms with Gasteiger partial charge in [-0.2, -0.15) is 0 Å². The maximum atomic E-state index is 15.0. The molecule has 4 aromatic carbocycles. The van der Waals surface area contributed by atoms with Gasteiger partial charge in [-0.05, 0) is 60.9 Å². The summed E-state index contributed by atoms with van der Waals surface area (Å²) in [4.78, 5) is 29.5. The van der Waals surface area contributed by atoms with Crippen LogP contribution in [0.2, 0.25) is 0 Å². The molecule has 0 saturated heterocycles. The molecule has 0 saturated carbocycles. The minimum Gasteiger partial charge on any atom is -0.494 e. The molecule has 242 valence electrons. The van der Waals surface area contributed by atoms with Gasteiger partial charge in [0.1, 0.15) is 24.2 Å². The van der Waals surface area contributed by atoms with Crippen molar-refractivity contribution in [2.24, 2.45) is 5.92 Å². The zero-order valence-electron chi connectivity index (χ0n) is 26.3. The lowest BCUT2D eigenvalue weighted by atomic mass is 10.0. The second-order valence-corrected chi connectivity index (χ2v) is 13.1. The van der Waals surface area contributed by atoms with Crippen molar-refractivity contribution in [1.82, 2.24) is 10.2 Å². The van der Waals surface area contributed by atoms with E-state index in [4.69, 9.17) is 4.74 Å². The zero-order chi connectivity index (χ0) is 33.1. The highest BCUT2D eigenvalue weighted by molar-refractivity contribution is 7.92. The van der Waals surface area contributed by atoms with Crippen LogP contribution in [-0.2, 0) is 32.6 Å². The van der Waals surface area contributed by atoms with Crippen LogP contribution in [0.25, 0.3) is 0 Å². The van der Waals surface area contributed by atoms with E-state index in [0.29, 0.717) is 18.9 Å². The largest absolute Gasteiger partial charge is 0.494 e. The number of carbonyl (C=O) groups is 2. The minimum absolute atomic E-state index is 0.0382. The summed E-state index contributed by atoms with van der Waals surface area (Å²) in [7, 11) is -4.27. The molecule has 2 amide bonds. The predicted molar refractivity (Wildman–Crippen MR) is 177 cm³/mol. The molecule has 10 heteroatoms. The van der Waals surface area contributed by atoms with E-state index >= 15 is 4.39 Å². The number of hydrogen-bond donors (Lipinski definition) is 1. The molecule has 0 aliphatic heterocycles. The Morgan fingerprint density at radius 3 is 2.07 bits per heavy atom. The lowest BCUT2D eigenvalue weighted by molar-refractivity contribution is -0.140. The Kier molecular flexibility index (Phi) is 11.9. The van der Waals surface area contributed by atoms with Crippen molar-refractivity contribution in [3.8, 4) is 5.75 Å². The average molecular weight is 646 g/mol. The maximum Gasteiger partial charge on any atom is 0.264 e. The molecule has 0 aliphatic rings. The van der Waals surface area contributed by atoms with Crippen LogP contribution in [0.15, 0.2) is 114 Å². The van der Waals surface area contributed by atoms with Crippen LogP contribution in [0.5, 0.6) is 5.75 Å². The zero-order valence-corrected chi connectivity index (χ0v) is 27.1. The van der Waals surface area contributed by atoms with E-state index in [-0.39, 0.29) is 35.0 Å². The number of rotatable bonds is 15. The summed E-state index contributed by atoms with van der Waals surface area (Å²) < 4.78 is 49.8. The van der Waals surface area contributed by atoms with Crippen LogP contribution in [-0.4, -0.2) is 50.9 Å². The number of amides is 2. The summed E-state index contributed by atoms with van der Waals surface area (Å²) in [5.41, 5.74) is 1.26. The number of sulfonamides is 1. The van der Waals surface area contributed by atoms with E-state index in [9.17, 15) is 18.0 Å². The molecule has 1 N–H and O–H groups in total. The molecule has 4 rings (SSSR count). The summed E-state index contributed by atoms with van der Waals surface area (Å²) in [6.07, 6.45) is 0.141. The normalized spacial score (nSPS) is 11.9. The highest BCUT2D eigenvalue weighted by Gasteiger charge is 2.35. The monoisotopic (exact) mass is 645 g/mol. The molecule has 0 aromatic heterocycles. The van der Waals surface area contributed by atoms with Crippen LogP contribution in [0.3, 0.4) is 0 Å². The topological polar surface area (TPSA) is 96.0 Å². The van der Waals surface area contributed by atoms with E-state index < -0.39 is 40.2 Å². The van der Waals surface area contributed by atoms with E-state index in [1.807, 2.05) is 51.1 Å². The first kappa shape index (κ1) is 34.2. The Morgan fingerprint density at radius 2 is 1.46 bits per heavy atom. The predicted octanol–water partition coefficient (Wildman–Crippen LogP) is 5.83. The minimum atomic E-state index is -4.27. The Morgan fingerprint density at radius 1 is 0.848 bits per heavy atom. The number of anilines is 1. The van der Waals surface area contributed by atoms with Gasteiger partial charge in [0.05, 0.1) is 17.2 Å². The lowest BCUT2D eigenvalue weighted by Crippen LogP contribution is -2.53. The first-order valence-electron chi connectivity index (χ1n) is 15.2. The van der Waals surface area contributed by atoms with E-state index in [1.54, 1.807) is 60.7 Å². The Hall–Kier alpha value is -4.70. The SMILES string of the molecule is CCOc1ccc(S(=O)(=O)N(CC(=O)N(Cc2ccccc2F)[C@@H](Cc2ccccc2)C(=O)NCC(C)C)c2ccccc2)cc1. The van der Waals surface area contributed by atoms with Gasteiger partial charge in [-0.15, -0.1) is 0 Å². The number of para-hydroxylation sites is 1. The van der Waals surface area contributed by atoms with Crippen molar-refractivity contribution >= 4 is 27.5 Å². The molecular weight excluding hydrogens is 605 g/mol. The molecule has 46 heavy (non-hydrogen) atoms. The first-order chi connectivity index (χ1) is 22.1. The number of carbonyl (C=O) groups excluding carboxylic acids is 2. The highest BCUT2D eigenvalue weighted by Crippen LogP contribution is 2.26. The second-order valence-electron chi connectivity index (χ2n) is 11.2. The Bertz CT molecular complexity index is 1680. The lowest BCUT2D eigenvalue weighted by Gasteiger charge is -2.34. The Labute approximate surface area is 270 Å². The fourth-order valence-electron chi connectivity index (χ4n) is 4.91. The molecule has 0 bridgehead atoms. The molecule has 0 unspecified atom stereocenters. The van der Waals surface area contributed by atoms with Crippen molar-refractivity contribution in [3.05, 3.63) is 126 Å². The van der Waals surface area contributed by atoms with Crippen molar-refractivity contribution in [2.75, 3.05) is 24.0 Å². The number of nitrogens with one attached hydrogen (secondary N) is 1. The molecule has 0 radical (unpaired) electrons. The number of hydrogen-bond acceptors (Lipinski definition) is 5. The van der Waals surface area contributed by atoms with Crippen molar-refractivity contribution in [1.29, 1.82) is 0 Å². The molecular formula is C36H40FN3O5S. The molecule has 8 nitrogen and oxygen atoms in total. The number of ether oxygens (including phenoxy) is 1. The van der Waals surface area contributed by atoms with Gasteiger partial charge in [0.2, 0.25) is 11.8 Å². The van der Waals surface area contributed by atoms with Gasteiger partial charge in [-0.25, -0.2) is 12.8 Å². The van der Waals surface area contributed by atoms with Gasteiger partial charge in [0, 0.05) is 25.1 Å². The van der Waals surface area contributed by atoms with E-state index in [0.717, 1.165) is 9.87 Å². The van der Waals surface area contributed by atoms with Gasteiger partial charge in [0.25, 0.3) is 10.0 Å². The number of halogens is 1. The summed E-state index contributed by atoms with van der Waals surface area (Å²) in [6, 6.07) is 28.4. The molecule has 0 spiro atoms. The highest BCUT2D eigenvalue weighted by atomic mass is 32.2. The molecule has 0 fully saturated rings. The van der Waals surface area contributed by atoms with Crippen LogP contribution >= 0.6 is 0 Å². The van der Waals surface area contributed by atoms with Crippen LogP contribution in [0.1, 0.15) is 31.9 Å². The first-order valence-corrected chi connectivity index (χ1v) is 16.7. The summed E-state index contributed by atoms with van der Waals surface area (Å²) in [6.45, 7) is 5.66. The second kappa shape index (κ2) is 16.0. The van der Waals surface area contributed by atoms with Crippen molar-refractivity contribution in [3.63, 3.8) is 0 Å². The standard InChI is InChI=1S/C36H40FN3O5S/c1-4-45-31-19-21-32(22-20-31)46(43,44)40(30-16-9-6-10-17-30)26-35(41)39(25-29-15-11-12-18-33(29)37)34(36(42)38-24-27(2)3)23-28-13-7-5-8-14-28/h5-22,27,34H,4,23-26H2,1-3H3,(H,38,42)/t34-/m0/s1. The fourth-order valence-corrected chi connectivity index (χ4v) is 6.33. The maximum absolute atomic E-state index is 15.0. The van der Waals surface area contributed by atoms with Crippen LogP contribution < -0.4 is 14.4 Å². The fraction of sp³-hybridized carbons (Fsp3) is 0.278. The van der Waals surface area contributed by atoms with Gasteiger partial charge in [0.15, 0.2) is 0 Å². The smallest absolute Gasteiger partial charge is 0.264 e. The van der Waals surface area contributed by atoms with Gasteiger partial charge >= 0.3 is 0 Å². The quantitative estimate of drug-likeness (QED) is 0.176. The van der Waals surface area contributed by atoms with Crippen LogP contribution in [0.4, 0.5) is 10.1 Å². The third-order valence-corrected chi connectivity index (χ3v) is 9.09. The van der Waals surface area contributed by atoms with Gasteiger partial charge < -0.3 is 15.0 Å². The summed E-state index contributed by atoms with van der Waals surface area (Å²) in [5, 5.41) is 2.92. The third kappa shape index (κ3) is 8.94. The van der Waals surface area contributed by atoms with E-state index in [1.165, 1.54) is 23.1 Å². The van der Waals surface area contributed by atoms with E-state index in [2.05, 4.69) is 5.32 Å². The molecule has 4 aromatic rings. The average Bonchev–Trinajstić information content (AvgIpc) is 3.06. The van der Waals surface area contributed by atoms with Crippen molar-refractivity contribution < 1.29 is 27.1 Å². The summed E-state index contributed by atoms with van der Waals surface area (Å²) in [5.74, 6) is -0.964. The molecule has 0 aliphatic carbocycles. The van der Waals surface area contributed by atoms with Gasteiger partial charge in [-0.3, -0.25) is 13.9 Å².